The van der Waals surface area contributed by atoms with Crippen molar-refractivity contribution in [2.45, 2.75) is 39.8 Å². The van der Waals surface area contributed by atoms with Crippen molar-refractivity contribution < 1.29 is 0 Å². The van der Waals surface area contributed by atoms with Gasteiger partial charge in [0.15, 0.2) is 5.96 Å². The van der Waals surface area contributed by atoms with Gasteiger partial charge < -0.3 is 14.8 Å². The summed E-state index contributed by atoms with van der Waals surface area (Å²) in [5.74, 6) is 2.14. The lowest BCUT2D eigenvalue weighted by Gasteiger charge is -2.36. The molecule has 154 valence electrons. The van der Waals surface area contributed by atoms with Crippen LogP contribution in [0.25, 0.3) is 0 Å². The quantitative estimate of drug-likeness (QED) is 0.402. The number of hydrogen-bond donors (Lipinski definition) is 1. The summed E-state index contributed by atoms with van der Waals surface area (Å²) in [6.45, 7) is 12.1. The summed E-state index contributed by atoms with van der Waals surface area (Å²) < 4.78 is 3.08. The van der Waals surface area contributed by atoms with Crippen LogP contribution in [0.1, 0.15) is 30.5 Å². The molecule has 1 N–H and O–H groups in total. The Hall–Kier alpha value is -1.57. The summed E-state index contributed by atoms with van der Waals surface area (Å²) in [5, 5.41) is 3.46. The van der Waals surface area contributed by atoms with Gasteiger partial charge in [0.1, 0.15) is 5.82 Å². The zero-order valence-corrected chi connectivity index (χ0v) is 18.5. The first-order chi connectivity index (χ1) is 13.7. The molecule has 2 aromatic heterocycles. The number of nitrogens with zero attached hydrogens (tertiary/aromatic N) is 5. The van der Waals surface area contributed by atoms with Crippen molar-refractivity contribution in [2.75, 3.05) is 39.3 Å². The predicted octanol–water partition coefficient (Wildman–Crippen LogP) is 3.47. The fraction of sp³-hybridized carbons (Fsp3) is 0.600. The molecule has 0 aromatic carbocycles. The van der Waals surface area contributed by atoms with E-state index in [-0.39, 0.29) is 0 Å². The number of nitrogens with one attached hydrogen (secondary N) is 1. The maximum atomic E-state index is 6.05. The van der Waals surface area contributed by atoms with Gasteiger partial charge in [-0.25, -0.2) is 4.98 Å². The lowest BCUT2D eigenvalue weighted by Crippen LogP contribution is -2.52. The third kappa shape index (κ3) is 6.22. The Balaban J connectivity index is 1.41. The average molecular weight is 423 g/mol. The van der Waals surface area contributed by atoms with E-state index in [1.807, 2.05) is 25.4 Å². The molecule has 3 rings (SSSR count). The molecule has 3 heterocycles. The maximum Gasteiger partial charge on any atom is 0.194 e. The van der Waals surface area contributed by atoms with E-state index >= 15 is 0 Å². The number of hydrogen-bond acceptors (Lipinski definition) is 4. The number of unbranched alkanes of at least 4 members (excludes halogenated alkanes) is 1. The summed E-state index contributed by atoms with van der Waals surface area (Å²) in [4.78, 5) is 15.4. The molecule has 1 fully saturated rings. The fourth-order valence-electron chi connectivity index (χ4n) is 3.42. The van der Waals surface area contributed by atoms with Crippen LogP contribution in [0.5, 0.6) is 0 Å². The van der Waals surface area contributed by atoms with Crippen molar-refractivity contribution in [1.82, 2.24) is 24.7 Å². The van der Waals surface area contributed by atoms with Crippen LogP contribution in [0.15, 0.2) is 29.5 Å². The molecule has 0 saturated carbocycles. The van der Waals surface area contributed by atoms with Crippen LogP contribution in [0, 0.1) is 6.92 Å². The van der Waals surface area contributed by atoms with E-state index in [1.54, 1.807) is 11.3 Å². The Kier molecular flexibility index (Phi) is 8.18. The molecule has 1 aliphatic rings. The van der Waals surface area contributed by atoms with Crippen LogP contribution in [0.3, 0.4) is 0 Å². The van der Waals surface area contributed by atoms with Gasteiger partial charge in [0.25, 0.3) is 0 Å². The van der Waals surface area contributed by atoms with Crippen molar-refractivity contribution >= 4 is 28.9 Å². The van der Waals surface area contributed by atoms with Crippen LogP contribution in [0.2, 0.25) is 4.34 Å². The van der Waals surface area contributed by atoms with Gasteiger partial charge in [0.2, 0.25) is 0 Å². The highest BCUT2D eigenvalue weighted by Crippen LogP contribution is 2.23. The predicted molar refractivity (Wildman–Crippen MR) is 118 cm³/mol. The first-order valence-corrected chi connectivity index (χ1v) is 11.3. The molecule has 0 atom stereocenters. The van der Waals surface area contributed by atoms with Crippen LogP contribution in [-0.2, 0) is 13.1 Å². The molecule has 8 heteroatoms. The first-order valence-electron chi connectivity index (χ1n) is 10.1. The second kappa shape index (κ2) is 10.8. The third-order valence-corrected chi connectivity index (χ3v) is 6.22. The Labute approximate surface area is 177 Å². The highest BCUT2D eigenvalue weighted by molar-refractivity contribution is 7.16. The zero-order valence-electron chi connectivity index (χ0n) is 16.9. The Morgan fingerprint density at radius 1 is 1.25 bits per heavy atom. The number of aromatic nitrogens is 2. The van der Waals surface area contributed by atoms with E-state index < -0.39 is 0 Å². The summed E-state index contributed by atoms with van der Waals surface area (Å²) >= 11 is 7.73. The SMILES string of the molecule is CCNC(=NCCCCn1ccnc1C)N1CCN(Cc2ccc(Cl)s2)CC1. The number of rotatable bonds is 8. The van der Waals surface area contributed by atoms with E-state index in [1.165, 1.54) is 4.88 Å². The van der Waals surface area contributed by atoms with E-state index in [0.717, 1.165) is 81.3 Å². The average Bonchev–Trinajstić information content (AvgIpc) is 3.29. The first kappa shape index (κ1) is 21.1. The summed E-state index contributed by atoms with van der Waals surface area (Å²) in [6.07, 6.45) is 6.12. The second-order valence-electron chi connectivity index (χ2n) is 7.08. The molecule has 0 aliphatic carbocycles. The molecule has 0 amide bonds. The molecule has 28 heavy (non-hydrogen) atoms. The molecule has 1 saturated heterocycles. The van der Waals surface area contributed by atoms with Gasteiger partial charge in [0, 0.05) is 69.6 Å². The van der Waals surface area contributed by atoms with E-state index in [9.17, 15) is 0 Å². The minimum Gasteiger partial charge on any atom is -0.357 e. The normalized spacial score (nSPS) is 16.0. The number of aryl methyl sites for hydroxylation is 2. The van der Waals surface area contributed by atoms with Crippen molar-refractivity contribution in [3.05, 3.63) is 39.6 Å². The van der Waals surface area contributed by atoms with Gasteiger partial charge in [-0.05, 0) is 38.8 Å². The number of thiophene rings is 1. The van der Waals surface area contributed by atoms with Crippen molar-refractivity contribution in [1.29, 1.82) is 0 Å². The number of piperazine rings is 1. The van der Waals surface area contributed by atoms with Crippen molar-refractivity contribution in [3.63, 3.8) is 0 Å². The lowest BCUT2D eigenvalue weighted by molar-refractivity contribution is 0.173. The van der Waals surface area contributed by atoms with Crippen LogP contribution in [0.4, 0.5) is 0 Å². The largest absolute Gasteiger partial charge is 0.357 e. The van der Waals surface area contributed by atoms with Crippen LogP contribution >= 0.6 is 22.9 Å². The zero-order chi connectivity index (χ0) is 19.8. The fourth-order valence-corrected chi connectivity index (χ4v) is 4.55. The molecular formula is C20H31ClN6S. The van der Waals surface area contributed by atoms with Crippen molar-refractivity contribution in [2.24, 2.45) is 4.99 Å². The molecular weight excluding hydrogens is 392 g/mol. The Bertz CT molecular complexity index is 747. The molecule has 1 aliphatic heterocycles. The van der Waals surface area contributed by atoms with E-state index in [2.05, 4.69) is 37.7 Å². The number of imidazole rings is 1. The molecule has 0 unspecified atom stereocenters. The molecule has 0 radical (unpaired) electrons. The van der Waals surface area contributed by atoms with Gasteiger partial charge in [-0.15, -0.1) is 11.3 Å². The third-order valence-electron chi connectivity index (χ3n) is 5.01. The van der Waals surface area contributed by atoms with Crippen LogP contribution < -0.4 is 5.32 Å². The number of halogens is 1. The Morgan fingerprint density at radius 3 is 2.71 bits per heavy atom. The maximum absolute atomic E-state index is 6.05. The van der Waals surface area contributed by atoms with Gasteiger partial charge in [-0.3, -0.25) is 9.89 Å². The highest BCUT2D eigenvalue weighted by atomic mass is 35.5. The van der Waals surface area contributed by atoms with Gasteiger partial charge in [-0.1, -0.05) is 11.6 Å². The Morgan fingerprint density at radius 2 is 2.07 bits per heavy atom. The molecule has 0 bridgehead atoms. The minimum atomic E-state index is 0.865. The smallest absolute Gasteiger partial charge is 0.194 e. The standard InChI is InChI=1S/C20H31ClN6S/c1-3-22-20(24-8-4-5-10-26-11-9-23-17(26)2)27-14-12-25(13-15-27)16-18-6-7-19(21)28-18/h6-7,9,11H,3-5,8,10,12-16H2,1-2H3,(H,22,24). The summed E-state index contributed by atoms with van der Waals surface area (Å²) in [7, 11) is 0. The summed E-state index contributed by atoms with van der Waals surface area (Å²) in [6, 6.07) is 4.12. The molecule has 0 spiro atoms. The summed E-state index contributed by atoms with van der Waals surface area (Å²) in [5.41, 5.74) is 0. The number of aliphatic imine (C=N–C) groups is 1. The van der Waals surface area contributed by atoms with Gasteiger partial charge in [0.05, 0.1) is 4.34 Å². The molecule has 2 aromatic rings. The lowest BCUT2D eigenvalue weighted by atomic mass is 10.3. The highest BCUT2D eigenvalue weighted by Gasteiger charge is 2.20. The monoisotopic (exact) mass is 422 g/mol. The van der Waals surface area contributed by atoms with Gasteiger partial charge in [-0.2, -0.15) is 0 Å². The molecule has 6 nitrogen and oxygen atoms in total. The van der Waals surface area contributed by atoms with E-state index in [0.29, 0.717) is 0 Å². The number of guanidine groups is 1. The van der Waals surface area contributed by atoms with Gasteiger partial charge >= 0.3 is 0 Å². The minimum absolute atomic E-state index is 0.865. The van der Waals surface area contributed by atoms with Crippen molar-refractivity contribution in [3.8, 4) is 0 Å². The van der Waals surface area contributed by atoms with Crippen LogP contribution in [-0.4, -0.2) is 64.6 Å². The second-order valence-corrected chi connectivity index (χ2v) is 8.88. The van der Waals surface area contributed by atoms with E-state index in [4.69, 9.17) is 16.6 Å². The topological polar surface area (TPSA) is 48.7 Å².